The molecule has 1 saturated carbocycles. The fourth-order valence-electron chi connectivity index (χ4n) is 2.00. The van der Waals surface area contributed by atoms with Crippen LogP contribution in [0.25, 0.3) is 0 Å². The number of hydrogen-bond acceptors (Lipinski definition) is 2. The van der Waals surface area contributed by atoms with Crippen molar-refractivity contribution < 1.29 is 9.13 Å². The third-order valence-corrected chi connectivity index (χ3v) is 3.23. The molecule has 3 heteroatoms. The normalized spacial score (nSPS) is 18.3. The summed E-state index contributed by atoms with van der Waals surface area (Å²) in [6, 6.07) is 4.97. The van der Waals surface area contributed by atoms with Gasteiger partial charge in [0.1, 0.15) is 0 Å². The molecule has 0 aliphatic heterocycles. The van der Waals surface area contributed by atoms with Crippen LogP contribution in [0.5, 0.6) is 5.75 Å². The summed E-state index contributed by atoms with van der Waals surface area (Å²) < 4.78 is 18.8. The molecular weight excluding hydrogens is 193 g/mol. The fourth-order valence-corrected chi connectivity index (χ4v) is 2.00. The molecule has 2 N–H and O–H groups in total. The lowest BCUT2D eigenvalue weighted by Crippen LogP contribution is -2.27. The SMILES string of the molecule is COc1cccc([C@H](N)C2CCC2)c1F. The third kappa shape index (κ3) is 1.84. The van der Waals surface area contributed by atoms with Gasteiger partial charge in [0, 0.05) is 11.6 Å². The first-order valence-corrected chi connectivity index (χ1v) is 5.32. The molecule has 1 aliphatic carbocycles. The smallest absolute Gasteiger partial charge is 0.169 e. The number of methoxy groups -OCH3 is 1. The number of halogens is 1. The van der Waals surface area contributed by atoms with E-state index in [4.69, 9.17) is 10.5 Å². The van der Waals surface area contributed by atoms with E-state index >= 15 is 0 Å². The molecule has 1 fully saturated rings. The molecule has 82 valence electrons. The van der Waals surface area contributed by atoms with E-state index < -0.39 is 0 Å². The van der Waals surface area contributed by atoms with Gasteiger partial charge in [0.2, 0.25) is 0 Å². The molecule has 0 bridgehead atoms. The maximum atomic E-state index is 13.8. The van der Waals surface area contributed by atoms with Gasteiger partial charge in [0.05, 0.1) is 7.11 Å². The molecule has 15 heavy (non-hydrogen) atoms. The van der Waals surface area contributed by atoms with Crippen LogP contribution in [0.1, 0.15) is 30.9 Å². The van der Waals surface area contributed by atoms with E-state index in [0.29, 0.717) is 11.5 Å². The van der Waals surface area contributed by atoms with Crippen molar-refractivity contribution in [2.75, 3.05) is 7.11 Å². The van der Waals surface area contributed by atoms with Gasteiger partial charge in [0.15, 0.2) is 11.6 Å². The lowest BCUT2D eigenvalue weighted by Gasteiger charge is -2.31. The Bertz CT molecular complexity index is 349. The van der Waals surface area contributed by atoms with Crippen molar-refractivity contribution in [3.63, 3.8) is 0 Å². The monoisotopic (exact) mass is 209 g/mol. The highest BCUT2D eigenvalue weighted by atomic mass is 19.1. The van der Waals surface area contributed by atoms with Crippen molar-refractivity contribution in [1.82, 2.24) is 0 Å². The Hall–Kier alpha value is -1.09. The van der Waals surface area contributed by atoms with Gasteiger partial charge in [-0.15, -0.1) is 0 Å². The predicted octanol–water partition coefficient (Wildman–Crippen LogP) is 2.63. The molecule has 1 aliphatic rings. The molecule has 0 aromatic heterocycles. The fraction of sp³-hybridized carbons (Fsp3) is 0.500. The zero-order valence-corrected chi connectivity index (χ0v) is 8.87. The second-order valence-electron chi connectivity index (χ2n) is 4.08. The predicted molar refractivity (Wildman–Crippen MR) is 57.2 cm³/mol. The Morgan fingerprint density at radius 2 is 2.20 bits per heavy atom. The molecule has 0 radical (unpaired) electrons. The van der Waals surface area contributed by atoms with Crippen LogP contribution in [0.15, 0.2) is 18.2 Å². The number of benzene rings is 1. The van der Waals surface area contributed by atoms with Gasteiger partial charge >= 0.3 is 0 Å². The summed E-state index contributed by atoms with van der Waals surface area (Å²) in [5.74, 6) is 0.410. The second kappa shape index (κ2) is 4.19. The van der Waals surface area contributed by atoms with Gasteiger partial charge in [0.25, 0.3) is 0 Å². The lowest BCUT2D eigenvalue weighted by molar-refractivity contribution is 0.259. The van der Waals surface area contributed by atoms with Crippen molar-refractivity contribution in [2.45, 2.75) is 25.3 Å². The standard InChI is InChI=1S/C12H16FNO/c1-15-10-7-3-6-9(11(10)13)12(14)8-4-2-5-8/h3,6-8,12H,2,4-5,14H2,1H3/t12-/m1/s1. The topological polar surface area (TPSA) is 35.2 Å². The highest BCUT2D eigenvalue weighted by Crippen LogP contribution is 2.38. The Balaban J connectivity index is 2.26. The van der Waals surface area contributed by atoms with Crippen LogP contribution in [-0.4, -0.2) is 7.11 Å². The van der Waals surface area contributed by atoms with E-state index in [-0.39, 0.29) is 17.6 Å². The van der Waals surface area contributed by atoms with Crippen LogP contribution in [0.3, 0.4) is 0 Å². The number of hydrogen-bond donors (Lipinski definition) is 1. The Morgan fingerprint density at radius 3 is 2.73 bits per heavy atom. The first-order chi connectivity index (χ1) is 7.24. The third-order valence-electron chi connectivity index (χ3n) is 3.23. The van der Waals surface area contributed by atoms with Gasteiger partial charge in [-0.1, -0.05) is 18.6 Å². The Morgan fingerprint density at radius 1 is 1.47 bits per heavy atom. The molecule has 1 atom stereocenters. The van der Waals surface area contributed by atoms with Crippen molar-refractivity contribution >= 4 is 0 Å². The summed E-state index contributed by atoms with van der Waals surface area (Å²) in [7, 11) is 1.47. The highest BCUT2D eigenvalue weighted by Gasteiger charge is 2.28. The number of ether oxygens (including phenoxy) is 1. The summed E-state index contributed by atoms with van der Waals surface area (Å²) in [6.07, 6.45) is 3.43. The van der Waals surface area contributed by atoms with Crippen molar-refractivity contribution in [1.29, 1.82) is 0 Å². The summed E-state index contributed by atoms with van der Waals surface area (Å²) in [6.45, 7) is 0. The average molecular weight is 209 g/mol. The Kier molecular flexibility index (Phi) is 2.91. The quantitative estimate of drug-likeness (QED) is 0.830. The van der Waals surface area contributed by atoms with E-state index in [0.717, 1.165) is 12.8 Å². The summed E-state index contributed by atoms with van der Waals surface area (Å²) in [4.78, 5) is 0. The molecular formula is C12H16FNO. The largest absolute Gasteiger partial charge is 0.494 e. The van der Waals surface area contributed by atoms with E-state index in [1.807, 2.05) is 0 Å². The van der Waals surface area contributed by atoms with Crippen LogP contribution >= 0.6 is 0 Å². The minimum Gasteiger partial charge on any atom is -0.494 e. The van der Waals surface area contributed by atoms with Gasteiger partial charge in [-0.3, -0.25) is 0 Å². The molecule has 0 unspecified atom stereocenters. The first-order valence-electron chi connectivity index (χ1n) is 5.32. The molecule has 0 amide bonds. The summed E-state index contributed by atoms with van der Waals surface area (Å²) in [5, 5.41) is 0. The maximum absolute atomic E-state index is 13.8. The van der Waals surface area contributed by atoms with Crippen LogP contribution in [0, 0.1) is 11.7 Å². The van der Waals surface area contributed by atoms with E-state index in [1.165, 1.54) is 13.5 Å². The van der Waals surface area contributed by atoms with E-state index in [9.17, 15) is 4.39 Å². The van der Waals surface area contributed by atoms with Crippen LogP contribution in [-0.2, 0) is 0 Å². The zero-order valence-electron chi connectivity index (χ0n) is 8.87. The van der Waals surface area contributed by atoms with E-state index in [1.54, 1.807) is 18.2 Å². The van der Waals surface area contributed by atoms with Crippen LogP contribution in [0.2, 0.25) is 0 Å². The lowest BCUT2D eigenvalue weighted by atomic mass is 9.77. The van der Waals surface area contributed by atoms with Crippen molar-refractivity contribution in [2.24, 2.45) is 11.7 Å². The van der Waals surface area contributed by atoms with E-state index in [2.05, 4.69) is 0 Å². The van der Waals surface area contributed by atoms with Gasteiger partial charge < -0.3 is 10.5 Å². The molecule has 0 saturated heterocycles. The minimum atomic E-state index is -0.306. The van der Waals surface area contributed by atoms with Crippen molar-refractivity contribution in [3.8, 4) is 5.75 Å². The number of nitrogens with two attached hydrogens (primary N) is 1. The zero-order chi connectivity index (χ0) is 10.8. The first kappa shape index (κ1) is 10.4. The average Bonchev–Trinajstić information content (AvgIpc) is 2.15. The Labute approximate surface area is 89.2 Å². The molecule has 1 aromatic carbocycles. The second-order valence-corrected chi connectivity index (χ2v) is 4.08. The van der Waals surface area contributed by atoms with Crippen LogP contribution in [0.4, 0.5) is 4.39 Å². The molecule has 0 heterocycles. The minimum absolute atomic E-state index is 0.186. The highest BCUT2D eigenvalue weighted by molar-refractivity contribution is 5.33. The molecule has 1 aromatic rings. The van der Waals surface area contributed by atoms with Crippen molar-refractivity contribution in [3.05, 3.63) is 29.6 Å². The van der Waals surface area contributed by atoms with Gasteiger partial charge in [-0.25, -0.2) is 4.39 Å². The molecule has 0 spiro atoms. The molecule has 2 rings (SSSR count). The number of rotatable bonds is 3. The summed E-state index contributed by atoms with van der Waals surface area (Å²) in [5.41, 5.74) is 6.61. The van der Waals surface area contributed by atoms with Gasteiger partial charge in [-0.05, 0) is 24.8 Å². The summed E-state index contributed by atoms with van der Waals surface area (Å²) >= 11 is 0. The molecule has 2 nitrogen and oxygen atoms in total. The van der Waals surface area contributed by atoms with Gasteiger partial charge in [-0.2, -0.15) is 0 Å². The van der Waals surface area contributed by atoms with Crippen LogP contribution < -0.4 is 10.5 Å². The maximum Gasteiger partial charge on any atom is 0.169 e.